The van der Waals surface area contributed by atoms with E-state index in [1.54, 1.807) is 35.6 Å². The topological polar surface area (TPSA) is 69.7 Å². The van der Waals surface area contributed by atoms with Crippen LogP contribution in [-0.2, 0) is 16.4 Å². The summed E-state index contributed by atoms with van der Waals surface area (Å²) in [6.07, 6.45) is 0.736. The lowest BCUT2D eigenvalue weighted by molar-refractivity contribution is 0.0954. The van der Waals surface area contributed by atoms with Crippen LogP contribution in [0.15, 0.2) is 70.9 Å². The Kier molecular flexibility index (Phi) is 6.88. The van der Waals surface area contributed by atoms with E-state index in [0.717, 1.165) is 12.1 Å². The van der Waals surface area contributed by atoms with Gasteiger partial charge in [-0.25, -0.2) is 12.8 Å². The average Bonchev–Trinajstić information content (AvgIpc) is 3.33. The van der Waals surface area contributed by atoms with E-state index in [0.29, 0.717) is 38.3 Å². The van der Waals surface area contributed by atoms with Gasteiger partial charge in [-0.3, -0.25) is 4.79 Å². The van der Waals surface area contributed by atoms with Gasteiger partial charge in [0.15, 0.2) is 0 Å². The highest BCUT2D eigenvalue weighted by molar-refractivity contribution is 7.89. The molecule has 2 aromatic carbocycles. The van der Waals surface area contributed by atoms with Gasteiger partial charge in [0.25, 0.3) is 5.91 Å². The van der Waals surface area contributed by atoms with Crippen molar-refractivity contribution in [1.29, 1.82) is 0 Å². The highest BCUT2D eigenvalue weighted by Crippen LogP contribution is 2.22. The SMILES string of the molecule is O=C(NCCc1cccs1)c1cccc(S(=O)(=O)N2CCN(c3ccc(F)cc3)CC2)c1. The zero-order chi connectivity index (χ0) is 22.6. The number of hydrogen-bond donors (Lipinski definition) is 1. The Labute approximate surface area is 191 Å². The van der Waals surface area contributed by atoms with E-state index >= 15 is 0 Å². The number of sulfonamides is 1. The summed E-state index contributed by atoms with van der Waals surface area (Å²) in [6.45, 7) is 2.14. The van der Waals surface area contributed by atoms with Crippen LogP contribution >= 0.6 is 11.3 Å². The molecule has 1 aliphatic rings. The van der Waals surface area contributed by atoms with Crippen molar-refractivity contribution in [3.8, 4) is 0 Å². The molecule has 0 spiro atoms. The van der Waals surface area contributed by atoms with Crippen molar-refractivity contribution in [2.24, 2.45) is 0 Å². The second-order valence-corrected chi connectivity index (χ2v) is 10.5. The fraction of sp³-hybridized carbons (Fsp3) is 0.261. The first-order valence-corrected chi connectivity index (χ1v) is 12.7. The van der Waals surface area contributed by atoms with Crippen molar-refractivity contribution in [3.05, 3.63) is 82.3 Å². The van der Waals surface area contributed by atoms with Crippen LogP contribution in [0.5, 0.6) is 0 Å². The van der Waals surface area contributed by atoms with Gasteiger partial charge in [0.1, 0.15) is 5.82 Å². The molecule has 0 saturated carbocycles. The maximum absolute atomic E-state index is 13.1. The van der Waals surface area contributed by atoms with Crippen molar-refractivity contribution in [2.45, 2.75) is 11.3 Å². The number of carbonyl (C=O) groups excluding carboxylic acids is 1. The number of nitrogens with one attached hydrogen (secondary N) is 1. The molecule has 32 heavy (non-hydrogen) atoms. The first-order valence-electron chi connectivity index (χ1n) is 10.3. The molecule has 168 valence electrons. The lowest BCUT2D eigenvalue weighted by Crippen LogP contribution is -2.48. The van der Waals surface area contributed by atoms with Crippen molar-refractivity contribution >= 4 is 33.0 Å². The van der Waals surface area contributed by atoms with Gasteiger partial charge in [-0.05, 0) is 60.3 Å². The van der Waals surface area contributed by atoms with Crippen LogP contribution in [0.1, 0.15) is 15.2 Å². The number of rotatable bonds is 7. The Bertz CT molecular complexity index is 1160. The summed E-state index contributed by atoms with van der Waals surface area (Å²) >= 11 is 1.64. The Hall–Kier alpha value is -2.75. The molecular weight excluding hydrogens is 449 g/mol. The fourth-order valence-electron chi connectivity index (χ4n) is 3.64. The van der Waals surface area contributed by atoms with Crippen LogP contribution in [0.25, 0.3) is 0 Å². The molecule has 1 aliphatic heterocycles. The molecule has 2 heterocycles. The Morgan fingerprint density at radius 1 is 1.00 bits per heavy atom. The van der Waals surface area contributed by atoms with Crippen molar-refractivity contribution in [2.75, 3.05) is 37.6 Å². The normalized spacial score (nSPS) is 15.0. The van der Waals surface area contributed by atoms with Crippen LogP contribution in [0.2, 0.25) is 0 Å². The van der Waals surface area contributed by atoms with Crippen LogP contribution in [0, 0.1) is 5.82 Å². The van der Waals surface area contributed by atoms with Crippen LogP contribution in [0.4, 0.5) is 10.1 Å². The van der Waals surface area contributed by atoms with E-state index in [-0.39, 0.29) is 16.6 Å². The molecule has 1 aromatic heterocycles. The van der Waals surface area contributed by atoms with Crippen LogP contribution < -0.4 is 10.2 Å². The third-order valence-corrected chi connectivity index (χ3v) is 8.23. The lowest BCUT2D eigenvalue weighted by Gasteiger charge is -2.35. The maximum atomic E-state index is 13.1. The molecule has 0 atom stereocenters. The van der Waals surface area contributed by atoms with E-state index in [9.17, 15) is 17.6 Å². The highest BCUT2D eigenvalue weighted by Gasteiger charge is 2.29. The van der Waals surface area contributed by atoms with E-state index in [4.69, 9.17) is 0 Å². The minimum absolute atomic E-state index is 0.110. The molecule has 9 heteroatoms. The van der Waals surface area contributed by atoms with Gasteiger partial charge in [0.2, 0.25) is 10.0 Å². The average molecular weight is 474 g/mol. The number of hydrogen-bond acceptors (Lipinski definition) is 5. The molecule has 0 aliphatic carbocycles. The predicted octanol–water partition coefficient (Wildman–Crippen LogP) is 3.37. The quantitative estimate of drug-likeness (QED) is 0.571. The number of nitrogens with zero attached hydrogens (tertiary/aromatic N) is 2. The molecule has 1 fully saturated rings. The summed E-state index contributed by atoms with van der Waals surface area (Å²) in [6, 6.07) is 16.3. The van der Waals surface area contributed by atoms with Crippen molar-refractivity contribution in [3.63, 3.8) is 0 Å². The van der Waals surface area contributed by atoms with Crippen molar-refractivity contribution < 1.29 is 17.6 Å². The molecular formula is C23H24FN3O3S2. The minimum atomic E-state index is -3.72. The van der Waals surface area contributed by atoms with Gasteiger partial charge in [0.05, 0.1) is 4.90 Å². The van der Waals surface area contributed by atoms with E-state index in [1.807, 2.05) is 22.4 Å². The van der Waals surface area contributed by atoms with Gasteiger partial charge >= 0.3 is 0 Å². The Balaban J connectivity index is 1.38. The number of carbonyl (C=O) groups is 1. The summed E-state index contributed by atoms with van der Waals surface area (Å²) in [5, 5.41) is 4.84. The van der Waals surface area contributed by atoms with E-state index in [1.165, 1.54) is 33.4 Å². The molecule has 4 rings (SSSR count). The Morgan fingerprint density at radius 3 is 2.44 bits per heavy atom. The number of amides is 1. The molecule has 1 amide bonds. The fourth-order valence-corrected chi connectivity index (χ4v) is 5.82. The number of anilines is 1. The number of benzene rings is 2. The molecule has 3 aromatic rings. The number of halogens is 1. The Morgan fingerprint density at radius 2 is 1.75 bits per heavy atom. The summed E-state index contributed by atoms with van der Waals surface area (Å²) < 4.78 is 40.9. The van der Waals surface area contributed by atoms with Gasteiger partial charge in [-0.1, -0.05) is 12.1 Å². The number of thiophene rings is 1. The molecule has 0 radical (unpaired) electrons. The van der Waals surface area contributed by atoms with Gasteiger partial charge < -0.3 is 10.2 Å². The second-order valence-electron chi connectivity index (χ2n) is 7.48. The molecule has 0 bridgehead atoms. The summed E-state index contributed by atoms with van der Waals surface area (Å²) in [4.78, 5) is 15.8. The summed E-state index contributed by atoms with van der Waals surface area (Å²) in [7, 11) is -3.72. The highest BCUT2D eigenvalue weighted by atomic mass is 32.2. The van der Waals surface area contributed by atoms with E-state index < -0.39 is 10.0 Å². The minimum Gasteiger partial charge on any atom is -0.369 e. The third kappa shape index (κ3) is 5.17. The molecule has 1 saturated heterocycles. The monoisotopic (exact) mass is 473 g/mol. The smallest absolute Gasteiger partial charge is 0.251 e. The predicted molar refractivity (Wildman–Crippen MR) is 124 cm³/mol. The zero-order valence-electron chi connectivity index (χ0n) is 17.4. The zero-order valence-corrected chi connectivity index (χ0v) is 19.0. The summed E-state index contributed by atoms with van der Waals surface area (Å²) in [5.74, 6) is -0.592. The van der Waals surface area contributed by atoms with Crippen LogP contribution in [0.3, 0.4) is 0 Å². The second kappa shape index (κ2) is 9.81. The summed E-state index contributed by atoms with van der Waals surface area (Å²) in [5.41, 5.74) is 1.19. The largest absolute Gasteiger partial charge is 0.369 e. The molecule has 1 N–H and O–H groups in total. The lowest BCUT2D eigenvalue weighted by atomic mass is 10.2. The standard InChI is InChI=1S/C23H24FN3O3S2/c24-19-6-8-20(9-7-19)26-12-14-27(15-13-26)32(29,30)22-5-1-3-18(17-22)23(28)25-11-10-21-4-2-16-31-21/h1-9,16-17H,10-15H2,(H,25,28). The number of piperazine rings is 1. The maximum Gasteiger partial charge on any atom is 0.251 e. The third-order valence-electron chi connectivity index (χ3n) is 5.40. The van der Waals surface area contributed by atoms with Crippen molar-refractivity contribution in [1.82, 2.24) is 9.62 Å². The molecule has 6 nitrogen and oxygen atoms in total. The van der Waals surface area contributed by atoms with Gasteiger partial charge in [0, 0.05) is 48.9 Å². The van der Waals surface area contributed by atoms with Gasteiger partial charge in [-0.15, -0.1) is 11.3 Å². The van der Waals surface area contributed by atoms with E-state index in [2.05, 4.69) is 5.32 Å². The van der Waals surface area contributed by atoms with Gasteiger partial charge in [-0.2, -0.15) is 4.31 Å². The first kappa shape index (κ1) is 22.4. The first-order chi connectivity index (χ1) is 15.4. The molecule has 0 unspecified atom stereocenters. The van der Waals surface area contributed by atoms with Crippen LogP contribution in [-0.4, -0.2) is 51.4 Å².